The van der Waals surface area contributed by atoms with Gasteiger partial charge in [-0.05, 0) is 42.0 Å². The molecule has 4 aromatic carbocycles. The number of rotatable bonds is 13. The number of ketones is 3. The van der Waals surface area contributed by atoms with Crippen LogP contribution in [0.2, 0.25) is 0 Å². The van der Waals surface area contributed by atoms with Crippen LogP contribution in [-0.4, -0.2) is 82.0 Å². The maximum atomic E-state index is 14.6. The van der Waals surface area contributed by atoms with Crippen molar-refractivity contribution in [1.82, 2.24) is 0 Å². The molecule has 0 radical (unpaired) electrons. The van der Waals surface area contributed by atoms with Gasteiger partial charge < -0.3 is 24.8 Å². The standard InChI is InChI=1S/C34H26BrN3O14/c35-32-31(51-18-19-4-2-1-3-5-19)34(44,29(42)22-10-16-25(17-11-22)38(49)50)33(43,28(41)21-8-14-24(15-9-21)37(47)48)30(52-32)27(40)26(39)20-6-12-23(13-7-20)36(45)46/h1-17,27,30-32,40,43-44H,18H2/t27?,30-,31+,32-,33-,34-/m1/s1. The zero-order valence-electron chi connectivity index (χ0n) is 26.4. The molecule has 1 aliphatic rings. The molecule has 6 atom stereocenters. The Morgan fingerprint density at radius 2 is 1.10 bits per heavy atom. The van der Waals surface area contributed by atoms with Gasteiger partial charge >= 0.3 is 0 Å². The Kier molecular flexibility index (Phi) is 10.8. The Balaban J connectivity index is 1.71. The minimum atomic E-state index is -3.66. The van der Waals surface area contributed by atoms with Gasteiger partial charge in [0.05, 0.1) is 21.4 Å². The van der Waals surface area contributed by atoms with Crippen molar-refractivity contribution >= 4 is 50.3 Å². The molecule has 1 fully saturated rings. The molecule has 52 heavy (non-hydrogen) atoms. The van der Waals surface area contributed by atoms with Crippen LogP contribution in [0.1, 0.15) is 36.6 Å². The van der Waals surface area contributed by atoms with E-state index in [1.165, 1.54) is 0 Å². The van der Waals surface area contributed by atoms with Gasteiger partial charge in [0.2, 0.25) is 11.6 Å². The largest absolute Gasteiger partial charge is 0.382 e. The number of nitrogens with zero attached hydrogens (tertiary/aromatic N) is 3. The first-order valence-corrected chi connectivity index (χ1v) is 16.0. The second kappa shape index (κ2) is 14.9. The Labute approximate surface area is 300 Å². The topological polar surface area (TPSA) is 260 Å². The summed E-state index contributed by atoms with van der Waals surface area (Å²) in [5.74, 6) is -4.26. The van der Waals surface area contributed by atoms with Gasteiger partial charge in [0.15, 0.2) is 17.0 Å². The average Bonchev–Trinajstić information content (AvgIpc) is 3.15. The zero-order valence-corrected chi connectivity index (χ0v) is 28.0. The lowest BCUT2D eigenvalue weighted by molar-refractivity contribution is -0.385. The second-order valence-electron chi connectivity index (χ2n) is 11.5. The predicted octanol–water partition coefficient (Wildman–Crippen LogP) is 3.89. The van der Waals surface area contributed by atoms with Crippen LogP contribution in [0.4, 0.5) is 17.1 Å². The van der Waals surface area contributed by atoms with E-state index in [0.29, 0.717) is 5.56 Å². The Morgan fingerprint density at radius 1 is 0.692 bits per heavy atom. The molecular weight excluding hydrogens is 754 g/mol. The van der Waals surface area contributed by atoms with Crippen molar-refractivity contribution < 1.29 is 53.9 Å². The van der Waals surface area contributed by atoms with Gasteiger partial charge in [-0.15, -0.1) is 0 Å². The first-order chi connectivity index (χ1) is 24.6. The maximum absolute atomic E-state index is 14.6. The number of alkyl halides is 1. The lowest BCUT2D eigenvalue weighted by Crippen LogP contribution is -2.81. The summed E-state index contributed by atoms with van der Waals surface area (Å²) < 4.78 is 11.8. The number of Topliss-reactive ketones (excluding diaryl/α,β-unsaturated/α-hetero) is 3. The number of hydrogen-bond acceptors (Lipinski definition) is 14. The van der Waals surface area contributed by atoms with Crippen LogP contribution in [-0.2, 0) is 16.1 Å². The molecule has 0 amide bonds. The highest BCUT2D eigenvalue weighted by atomic mass is 79.9. The Morgan fingerprint density at radius 3 is 1.52 bits per heavy atom. The van der Waals surface area contributed by atoms with Crippen LogP contribution < -0.4 is 0 Å². The quantitative estimate of drug-likeness (QED) is 0.0753. The first kappa shape index (κ1) is 37.6. The summed E-state index contributed by atoms with van der Waals surface area (Å²) in [6.07, 6.45) is -7.11. The van der Waals surface area contributed by atoms with E-state index in [0.717, 1.165) is 72.8 Å². The van der Waals surface area contributed by atoms with Crippen molar-refractivity contribution in [2.24, 2.45) is 0 Å². The molecule has 1 unspecified atom stereocenters. The van der Waals surface area contributed by atoms with Crippen LogP contribution in [0.15, 0.2) is 103 Å². The number of carbonyl (C=O) groups is 3. The van der Waals surface area contributed by atoms with Crippen molar-refractivity contribution in [3.63, 3.8) is 0 Å². The van der Waals surface area contributed by atoms with E-state index in [4.69, 9.17) is 9.47 Å². The average molecular weight is 780 g/mol. The fraction of sp³-hybridized carbons (Fsp3) is 0.206. The molecule has 0 saturated carbocycles. The van der Waals surface area contributed by atoms with E-state index in [1.54, 1.807) is 30.3 Å². The molecule has 1 heterocycles. The lowest BCUT2D eigenvalue weighted by atomic mass is 9.64. The second-order valence-corrected chi connectivity index (χ2v) is 12.4. The van der Waals surface area contributed by atoms with E-state index in [-0.39, 0.29) is 12.2 Å². The highest BCUT2D eigenvalue weighted by Crippen LogP contribution is 2.47. The molecule has 1 saturated heterocycles. The van der Waals surface area contributed by atoms with E-state index in [1.807, 2.05) is 0 Å². The van der Waals surface area contributed by atoms with Crippen molar-refractivity contribution in [2.75, 3.05) is 0 Å². The van der Waals surface area contributed by atoms with E-state index >= 15 is 0 Å². The van der Waals surface area contributed by atoms with Gasteiger partial charge in [-0.2, -0.15) is 0 Å². The number of aliphatic hydroxyl groups excluding tert-OH is 1. The van der Waals surface area contributed by atoms with E-state index < -0.39 is 94.8 Å². The third-order valence-corrected chi connectivity index (χ3v) is 9.18. The van der Waals surface area contributed by atoms with Crippen molar-refractivity contribution in [2.45, 2.75) is 41.1 Å². The fourth-order valence-corrected chi connectivity index (χ4v) is 6.53. The summed E-state index contributed by atoms with van der Waals surface area (Å²) in [6.45, 7) is -0.358. The van der Waals surface area contributed by atoms with Gasteiger partial charge in [0.1, 0.15) is 23.3 Å². The number of ether oxygens (including phenoxy) is 2. The third-order valence-electron chi connectivity index (χ3n) is 8.48. The van der Waals surface area contributed by atoms with Gasteiger partial charge in [0.25, 0.3) is 17.1 Å². The molecule has 268 valence electrons. The minimum absolute atomic E-state index is 0.356. The molecule has 0 aliphatic carbocycles. The van der Waals surface area contributed by atoms with Crippen LogP contribution in [0.3, 0.4) is 0 Å². The molecule has 0 spiro atoms. The van der Waals surface area contributed by atoms with E-state index in [9.17, 15) is 60.0 Å². The monoisotopic (exact) mass is 779 g/mol. The molecule has 1 aliphatic heterocycles. The molecule has 4 aromatic rings. The number of nitro groups is 3. The fourth-order valence-electron chi connectivity index (χ4n) is 5.76. The van der Waals surface area contributed by atoms with Crippen LogP contribution in [0.25, 0.3) is 0 Å². The molecular formula is C34H26BrN3O14. The van der Waals surface area contributed by atoms with Crippen molar-refractivity contribution in [3.05, 3.63) is 156 Å². The Bertz CT molecular complexity index is 2030. The molecule has 0 bridgehead atoms. The summed E-state index contributed by atoms with van der Waals surface area (Å²) in [4.78, 5) is 74.3. The number of halogens is 1. The number of carbonyl (C=O) groups excluding carboxylic acids is 3. The maximum Gasteiger partial charge on any atom is 0.269 e. The number of non-ortho nitro benzene ring substituents is 3. The van der Waals surface area contributed by atoms with Gasteiger partial charge in [-0.3, -0.25) is 44.7 Å². The molecule has 18 heteroatoms. The number of hydrogen-bond donors (Lipinski definition) is 3. The van der Waals surface area contributed by atoms with Crippen LogP contribution in [0, 0.1) is 30.3 Å². The lowest BCUT2D eigenvalue weighted by Gasteiger charge is -2.54. The summed E-state index contributed by atoms with van der Waals surface area (Å²) in [7, 11) is 0. The highest BCUT2D eigenvalue weighted by Gasteiger charge is 2.74. The summed E-state index contributed by atoms with van der Waals surface area (Å²) >= 11 is 3.15. The SMILES string of the molecule is O=C(c1ccc([N+](=O)[O-])cc1)C(O)[C@H]1O[C@@H](Br)[C@H](OCc2ccccc2)[C@](O)(C(=O)c2ccc([N+](=O)[O-])cc2)[C@@]1(O)C(=O)c1ccc([N+](=O)[O-])cc1. The number of aliphatic hydroxyl groups is 3. The zero-order chi connectivity index (χ0) is 38.0. The van der Waals surface area contributed by atoms with Gasteiger partial charge in [-0.25, -0.2) is 0 Å². The third kappa shape index (κ3) is 6.85. The predicted molar refractivity (Wildman–Crippen MR) is 181 cm³/mol. The van der Waals surface area contributed by atoms with Crippen LogP contribution >= 0.6 is 15.9 Å². The smallest absolute Gasteiger partial charge is 0.269 e. The molecule has 17 nitrogen and oxygen atoms in total. The van der Waals surface area contributed by atoms with E-state index in [2.05, 4.69) is 15.9 Å². The normalized spacial score (nSPS) is 23.3. The number of nitro benzene ring substituents is 3. The van der Waals surface area contributed by atoms with Gasteiger partial charge in [-0.1, -0.05) is 46.3 Å². The van der Waals surface area contributed by atoms with Crippen molar-refractivity contribution in [3.8, 4) is 0 Å². The minimum Gasteiger partial charge on any atom is -0.382 e. The highest BCUT2D eigenvalue weighted by molar-refractivity contribution is 9.09. The summed E-state index contributed by atoms with van der Waals surface area (Å²) in [5.41, 5.74) is -9.38. The number of benzene rings is 4. The molecule has 0 aromatic heterocycles. The molecule has 3 N–H and O–H groups in total. The van der Waals surface area contributed by atoms with Gasteiger partial charge in [0, 0.05) is 53.1 Å². The Hall–Kier alpha value is -5.63. The van der Waals surface area contributed by atoms with Crippen molar-refractivity contribution in [1.29, 1.82) is 0 Å². The summed E-state index contributed by atoms with van der Waals surface area (Å²) in [5, 5.41) is 69.2. The van der Waals surface area contributed by atoms with Crippen LogP contribution in [0.5, 0.6) is 0 Å². The molecule has 5 rings (SSSR count). The summed E-state index contributed by atoms with van der Waals surface area (Å²) in [6, 6.07) is 19.4. The first-order valence-electron chi connectivity index (χ1n) is 15.1.